The summed E-state index contributed by atoms with van der Waals surface area (Å²) < 4.78 is 47.7. The van der Waals surface area contributed by atoms with Gasteiger partial charge in [0.05, 0.1) is 23.6 Å². The minimum absolute atomic E-state index is 0.0927. The Hall–Kier alpha value is -4.40. The molecular formula is C26H20F3N3O3. The quantitative estimate of drug-likeness (QED) is 0.285. The lowest BCUT2D eigenvalue weighted by atomic mass is 10.1. The van der Waals surface area contributed by atoms with Gasteiger partial charge in [-0.1, -0.05) is 24.3 Å². The third-order valence-corrected chi connectivity index (χ3v) is 5.09. The molecule has 0 aliphatic heterocycles. The molecule has 0 radical (unpaired) electrons. The molecule has 0 bridgehead atoms. The maximum atomic E-state index is 14.0. The maximum Gasteiger partial charge on any atom is 0.358 e. The van der Waals surface area contributed by atoms with Crippen molar-refractivity contribution in [2.45, 2.75) is 13.8 Å². The van der Waals surface area contributed by atoms with Gasteiger partial charge in [0, 0.05) is 17.3 Å². The van der Waals surface area contributed by atoms with Crippen LogP contribution in [0.2, 0.25) is 0 Å². The van der Waals surface area contributed by atoms with E-state index in [2.05, 4.69) is 10.4 Å². The highest BCUT2D eigenvalue weighted by Crippen LogP contribution is 2.28. The molecule has 178 valence electrons. The molecule has 0 aliphatic carbocycles. The topological polar surface area (TPSA) is 73.2 Å². The summed E-state index contributed by atoms with van der Waals surface area (Å²) in [6, 6.07) is 16.5. The number of ether oxygens (including phenoxy) is 1. The summed E-state index contributed by atoms with van der Waals surface area (Å²) >= 11 is 0. The number of hydrogen-bond donors (Lipinski definition) is 1. The van der Waals surface area contributed by atoms with Gasteiger partial charge in [0.2, 0.25) is 0 Å². The maximum absolute atomic E-state index is 14.0. The third kappa shape index (κ3) is 5.08. The number of nitrogens with zero attached hydrogens (tertiary/aromatic N) is 2. The fourth-order valence-electron chi connectivity index (χ4n) is 3.52. The van der Waals surface area contributed by atoms with Crippen molar-refractivity contribution in [3.8, 4) is 16.9 Å². The summed E-state index contributed by atoms with van der Waals surface area (Å²) in [4.78, 5) is 24.9. The van der Waals surface area contributed by atoms with Gasteiger partial charge in [0.15, 0.2) is 17.3 Å². The Morgan fingerprint density at radius 1 is 1.00 bits per heavy atom. The molecule has 1 amide bonds. The van der Waals surface area contributed by atoms with Gasteiger partial charge in [-0.05, 0) is 55.8 Å². The summed E-state index contributed by atoms with van der Waals surface area (Å²) in [7, 11) is 0. The number of benzene rings is 3. The van der Waals surface area contributed by atoms with E-state index in [1.807, 2.05) is 31.2 Å². The van der Waals surface area contributed by atoms with Crippen molar-refractivity contribution in [1.82, 2.24) is 9.78 Å². The van der Waals surface area contributed by atoms with Crippen molar-refractivity contribution in [1.29, 1.82) is 0 Å². The summed E-state index contributed by atoms with van der Waals surface area (Å²) in [5.74, 6) is -5.59. The van der Waals surface area contributed by atoms with E-state index >= 15 is 0 Å². The molecule has 1 N–H and O–H groups in total. The van der Waals surface area contributed by atoms with Crippen molar-refractivity contribution in [2.75, 3.05) is 11.9 Å². The molecule has 4 aromatic rings. The van der Waals surface area contributed by atoms with Crippen LogP contribution in [0.25, 0.3) is 16.9 Å². The zero-order valence-electron chi connectivity index (χ0n) is 18.8. The lowest BCUT2D eigenvalue weighted by Crippen LogP contribution is -2.15. The van der Waals surface area contributed by atoms with Gasteiger partial charge < -0.3 is 10.1 Å². The summed E-state index contributed by atoms with van der Waals surface area (Å²) in [6.45, 7) is 3.80. The van der Waals surface area contributed by atoms with Crippen molar-refractivity contribution in [3.05, 3.63) is 101 Å². The molecule has 0 atom stereocenters. The average molecular weight is 479 g/mol. The highest BCUT2D eigenvalue weighted by Gasteiger charge is 2.20. The number of aromatic nitrogens is 2. The van der Waals surface area contributed by atoms with E-state index in [1.165, 1.54) is 6.07 Å². The second-order valence-corrected chi connectivity index (χ2v) is 7.67. The number of esters is 1. The molecule has 1 aromatic heterocycles. The van der Waals surface area contributed by atoms with E-state index in [9.17, 15) is 22.8 Å². The molecule has 0 saturated heterocycles. The summed E-state index contributed by atoms with van der Waals surface area (Å²) in [6.07, 6.45) is 0. The first-order valence-electron chi connectivity index (χ1n) is 10.7. The minimum Gasteiger partial charge on any atom is -0.461 e. The molecule has 3 aromatic carbocycles. The van der Waals surface area contributed by atoms with Gasteiger partial charge >= 0.3 is 5.97 Å². The highest BCUT2D eigenvalue weighted by molar-refractivity contribution is 6.04. The van der Waals surface area contributed by atoms with Crippen LogP contribution in [0.5, 0.6) is 0 Å². The Bertz CT molecular complexity index is 1430. The number of halogens is 3. The van der Waals surface area contributed by atoms with Crippen LogP contribution >= 0.6 is 0 Å². The number of rotatable bonds is 6. The molecule has 0 spiro atoms. The predicted molar refractivity (Wildman–Crippen MR) is 124 cm³/mol. The number of anilines is 1. The minimum atomic E-state index is -1.46. The zero-order chi connectivity index (χ0) is 25.1. The van der Waals surface area contributed by atoms with E-state index in [0.717, 1.165) is 5.56 Å². The zero-order valence-corrected chi connectivity index (χ0v) is 18.8. The number of nitrogens with one attached hydrogen (secondary N) is 1. The first-order chi connectivity index (χ1) is 16.8. The van der Waals surface area contributed by atoms with Crippen molar-refractivity contribution in [2.24, 2.45) is 0 Å². The van der Waals surface area contributed by atoms with Crippen molar-refractivity contribution >= 4 is 17.6 Å². The largest absolute Gasteiger partial charge is 0.461 e. The lowest BCUT2D eigenvalue weighted by Gasteiger charge is -2.11. The first kappa shape index (κ1) is 23.7. The Labute approximate surface area is 199 Å². The van der Waals surface area contributed by atoms with Crippen LogP contribution in [0.3, 0.4) is 0 Å². The van der Waals surface area contributed by atoms with Crippen LogP contribution < -0.4 is 5.32 Å². The number of hydrogen-bond acceptors (Lipinski definition) is 4. The van der Waals surface area contributed by atoms with E-state index in [4.69, 9.17) is 4.74 Å². The monoisotopic (exact) mass is 479 g/mol. The second-order valence-electron chi connectivity index (χ2n) is 7.67. The average Bonchev–Trinajstić information content (AvgIpc) is 3.27. The van der Waals surface area contributed by atoms with Crippen molar-refractivity contribution in [3.63, 3.8) is 0 Å². The lowest BCUT2D eigenvalue weighted by molar-refractivity contribution is 0.0518. The number of carbonyl (C=O) groups excluding carboxylic acids is 2. The van der Waals surface area contributed by atoms with E-state index in [-0.39, 0.29) is 18.0 Å². The van der Waals surface area contributed by atoms with Crippen LogP contribution in [-0.2, 0) is 4.74 Å². The first-order valence-corrected chi connectivity index (χ1v) is 10.7. The molecule has 0 aliphatic rings. The summed E-state index contributed by atoms with van der Waals surface area (Å²) in [5.41, 5.74) is 2.34. The van der Waals surface area contributed by atoms with Crippen LogP contribution in [0.1, 0.15) is 33.3 Å². The highest BCUT2D eigenvalue weighted by atomic mass is 19.2. The third-order valence-electron chi connectivity index (χ3n) is 5.09. The standard InChI is InChI=1S/C26H20F3N3O3/c1-3-35-26(34)22-14-23(32(31-22)19-9-4-6-15(2)10-19)16-7-5-8-18(11-16)30-25(33)20-12-17(27)13-21(28)24(20)29/h4-14H,3H2,1-2H3,(H,30,33). The number of amides is 1. The Morgan fingerprint density at radius 3 is 2.51 bits per heavy atom. The van der Waals surface area contributed by atoms with Crippen molar-refractivity contribution < 1.29 is 27.5 Å². The van der Waals surface area contributed by atoms with E-state index < -0.39 is 34.9 Å². The Balaban J connectivity index is 1.73. The Kier molecular flexibility index (Phi) is 6.68. The predicted octanol–water partition coefficient (Wildman–Crippen LogP) is 5.69. The number of carbonyl (C=O) groups is 2. The molecule has 35 heavy (non-hydrogen) atoms. The molecule has 6 nitrogen and oxygen atoms in total. The summed E-state index contributed by atoms with van der Waals surface area (Å²) in [5, 5.41) is 6.86. The van der Waals surface area contributed by atoms with E-state index in [0.29, 0.717) is 29.1 Å². The van der Waals surface area contributed by atoms with Crippen LogP contribution in [0.4, 0.5) is 18.9 Å². The van der Waals surface area contributed by atoms with Gasteiger partial charge in [-0.3, -0.25) is 4.79 Å². The van der Waals surface area contributed by atoms with Crippen LogP contribution in [0.15, 0.2) is 66.7 Å². The van der Waals surface area contributed by atoms with Crippen LogP contribution in [-0.4, -0.2) is 28.3 Å². The molecule has 9 heteroatoms. The molecule has 0 saturated carbocycles. The smallest absolute Gasteiger partial charge is 0.358 e. The fourth-order valence-corrected chi connectivity index (χ4v) is 3.52. The Morgan fingerprint density at radius 2 is 1.77 bits per heavy atom. The molecule has 4 rings (SSSR count). The molecule has 1 heterocycles. The molecule has 0 fully saturated rings. The van der Waals surface area contributed by atoms with Gasteiger partial charge in [-0.25, -0.2) is 22.6 Å². The SMILES string of the molecule is CCOC(=O)c1cc(-c2cccc(NC(=O)c3cc(F)cc(F)c3F)c2)n(-c2cccc(C)c2)n1. The van der Waals surface area contributed by atoms with Gasteiger partial charge in [0.25, 0.3) is 5.91 Å². The molecular weight excluding hydrogens is 459 g/mol. The van der Waals surface area contributed by atoms with Gasteiger partial charge in [-0.15, -0.1) is 0 Å². The van der Waals surface area contributed by atoms with E-state index in [1.54, 1.807) is 35.9 Å². The normalized spacial score (nSPS) is 10.8. The fraction of sp³-hybridized carbons (Fsp3) is 0.115. The van der Waals surface area contributed by atoms with Crippen LogP contribution in [0, 0.1) is 24.4 Å². The molecule has 0 unspecified atom stereocenters. The van der Waals surface area contributed by atoms with Gasteiger partial charge in [0.1, 0.15) is 5.82 Å². The van der Waals surface area contributed by atoms with Gasteiger partial charge in [-0.2, -0.15) is 5.10 Å². The number of aryl methyl sites for hydroxylation is 1. The second kappa shape index (κ2) is 9.84.